The van der Waals surface area contributed by atoms with E-state index in [1.807, 2.05) is 0 Å². The zero-order valence-corrected chi connectivity index (χ0v) is 23.6. The molecule has 0 bridgehead atoms. The van der Waals surface area contributed by atoms with Crippen LogP contribution in [0.2, 0.25) is 0 Å². The lowest BCUT2D eigenvalue weighted by molar-refractivity contribution is -0.140. The van der Waals surface area contributed by atoms with Crippen molar-refractivity contribution in [2.75, 3.05) is 26.2 Å². The number of primary amides is 1. The van der Waals surface area contributed by atoms with E-state index in [0.29, 0.717) is 32.4 Å². The summed E-state index contributed by atoms with van der Waals surface area (Å²) in [6.07, 6.45) is 2.83. The van der Waals surface area contributed by atoms with Crippen molar-refractivity contribution in [1.29, 1.82) is 5.41 Å². The van der Waals surface area contributed by atoms with Crippen LogP contribution in [0.1, 0.15) is 38.5 Å². The van der Waals surface area contributed by atoms with Crippen LogP contribution in [-0.2, 0) is 28.8 Å². The third kappa shape index (κ3) is 47.9. The van der Waals surface area contributed by atoms with Crippen molar-refractivity contribution in [2.24, 2.45) is 45.9 Å². The number of aliphatic hydroxyl groups is 1. The van der Waals surface area contributed by atoms with Gasteiger partial charge in [0.05, 0.1) is 19.6 Å². The van der Waals surface area contributed by atoms with Gasteiger partial charge in [-0.2, -0.15) is 0 Å². The number of nitrogens with one attached hydrogen (secondary N) is 2. The van der Waals surface area contributed by atoms with Crippen LogP contribution in [-0.4, -0.2) is 123 Å². The summed E-state index contributed by atoms with van der Waals surface area (Å²) in [6, 6.07) is -3.83. The fraction of sp³-hybridized carbons (Fsp3) is 0.667. The second-order valence-electron chi connectivity index (χ2n) is 8.00. The first-order valence-electron chi connectivity index (χ1n) is 12.2. The zero-order chi connectivity index (χ0) is 35.1. The molecule has 0 aliphatic carbocycles. The third-order valence-electron chi connectivity index (χ3n) is 4.04. The Labute approximate surface area is 247 Å². The van der Waals surface area contributed by atoms with E-state index in [9.17, 15) is 28.8 Å². The lowest BCUT2D eigenvalue weighted by Gasteiger charge is -2.06. The highest BCUT2D eigenvalue weighted by atomic mass is 16.4. The van der Waals surface area contributed by atoms with E-state index in [-0.39, 0.29) is 18.9 Å². The molecule has 1 amide bonds. The van der Waals surface area contributed by atoms with Gasteiger partial charge in [0.15, 0.2) is 5.96 Å². The number of nitrogens with two attached hydrogens (primary N) is 8. The molecule has 0 aliphatic rings. The molecule has 22 heteroatoms. The van der Waals surface area contributed by atoms with Crippen LogP contribution in [0.15, 0.2) is 0 Å². The van der Waals surface area contributed by atoms with Crippen LogP contribution >= 0.6 is 0 Å². The van der Waals surface area contributed by atoms with Gasteiger partial charge in [0.25, 0.3) is 0 Å². The molecule has 0 rings (SSSR count). The van der Waals surface area contributed by atoms with E-state index < -0.39 is 66.5 Å². The Kier molecular flexibility index (Phi) is 36.5. The topological polar surface area (TPSA) is 468 Å². The minimum Gasteiger partial charge on any atom is -0.480 e. The van der Waals surface area contributed by atoms with E-state index in [0.717, 1.165) is 12.8 Å². The summed E-state index contributed by atoms with van der Waals surface area (Å²) in [4.78, 5) is 59.1. The standard InChI is InChI=1S/C6H14N4O2.C6H14N2O2.C4H8N2O3.C3H7NO3.C2H5NO2/c7-4(5(11)12)2-1-3-10-6(8)9;7-4-2-1-3-5(8)6(9)10;5-2(4(8)9)1-3(6)7;4-2(1-5)3(6)7;3-1-2(4)5/h4H,1-3,7H2,(H,11,12)(H4,8,9,10);5H,1-4,7-8H2,(H,9,10);2H,1,5H2,(H2,6,7)(H,8,9);2,5H,1,4H2,(H,6,7);1,3H2,(H,4,5). The molecule has 0 saturated heterocycles. The van der Waals surface area contributed by atoms with Gasteiger partial charge in [0.1, 0.15) is 24.2 Å². The number of carbonyl (C=O) groups excluding carboxylic acids is 1. The smallest absolute Gasteiger partial charge is 0.322 e. The second-order valence-corrected chi connectivity index (χ2v) is 8.00. The summed E-state index contributed by atoms with van der Waals surface area (Å²) < 4.78 is 0. The molecule has 0 aromatic rings. The normalized spacial score (nSPS) is 12.1. The van der Waals surface area contributed by atoms with Crippen molar-refractivity contribution in [2.45, 2.75) is 62.7 Å². The van der Waals surface area contributed by atoms with Crippen molar-refractivity contribution in [3.63, 3.8) is 0 Å². The highest BCUT2D eigenvalue weighted by molar-refractivity contribution is 5.83. The van der Waals surface area contributed by atoms with Gasteiger partial charge in [-0.1, -0.05) is 6.42 Å². The molecule has 22 nitrogen and oxygen atoms in total. The molecule has 0 aromatic heterocycles. The average molecular weight is 633 g/mol. The van der Waals surface area contributed by atoms with E-state index in [4.69, 9.17) is 70.5 Å². The van der Waals surface area contributed by atoms with Gasteiger partial charge < -0.3 is 81.8 Å². The third-order valence-corrected chi connectivity index (χ3v) is 4.04. The summed E-state index contributed by atoms with van der Waals surface area (Å²) in [5.74, 6) is -6.11. The minimum absolute atomic E-state index is 0.112. The van der Waals surface area contributed by atoms with Crippen LogP contribution in [0, 0.1) is 5.41 Å². The number of hydrogen-bond acceptors (Lipinski definition) is 14. The van der Waals surface area contributed by atoms with Crippen molar-refractivity contribution >= 4 is 41.7 Å². The number of rotatable bonds is 16. The van der Waals surface area contributed by atoms with Gasteiger partial charge in [-0.25, -0.2) is 0 Å². The number of amides is 1. The number of guanidine groups is 1. The van der Waals surface area contributed by atoms with Crippen LogP contribution in [0.5, 0.6) is 0 Å². The number of aliphatic carboxylic acids is 5. The molecular weight excluding hydrogens is 584 g/mol. The van der Waals surface area contributed by atoms with Crippen molar-refractivity contribution < 1.29 is 59.4 Å². The summed E-state index contributed by atoms with van der Waals surface area (Å²) in [5, 5.41) is 57.6. The summed E-state index contributed by atoms with van der Waals surface area (Å²) in [5.41, 5.74) is 39.5. The fourth-order valence-electron chi connectivity index (χ4n) is 1.68. The van der Waals surface area contributed by atoms with Crippen molar-refractivity contribution in [3.05, 3.63) is 0 Å². The average Bonchev–Trinajstić information content (AvgIpc) is 2.91. The highest BCUT2D eigenvalue weighted by Gasteiger charge is 2.13. The first kappa shape index (κ1) is 48.5. The number of carboxylic acid groups (broad SMARTS) is 5. The van der Waals surface area contributed by atoms with Crippen molar-refractivity contribution in [1.82, 2.24) is 5.32 Å². The van der Waals surface area contributed by atoms with Crippen LogP contribution < -0.4 is 51.2 Å². The van der Waals surface area contributed by atoms with E-state index >= 15 is 0 Å². The highest BCUT2D eigenvalue weighted by Crippen LogP contribution is 1.97. The lowest BCUT2D eigenvalue weighted by Crippen LogP contribution is -2.34. The quantitative estimate of drug-likeness (QED) is 0.0427. The number of carbonyl (C=O) groups is 6. The minimum atomic E-state index is -1.21. The Bertz CT molecular complexity index is 820. The Balaban J connectivity index is -0.000000144. The molecule has 0 aliphatic heterocycles. The van der Waals surface area contributed by atoms with Gasteiger partial charge in [-0.15, -0.1) is 0 Å². The summed E-state index contributed by atoms with van der Waals surface area (Å²) in [6.45, 7) is 0.304. The number of hydrogen-bond donors (Lipinski definition) is 16. The van der Waals surface area contributed by atoms with Crippen molar-refractivity contribution in [3.8, 4) is 0 Å². The van der Waals surface area contributed by atoms with Gasteiger partial charge in [-0.05, 0) is 32.2 Å². The Morgan fingerprint density at radius 3 is 1.23 bits per heavy atom. The fourth-order valence-corrected chi connectivity index (χ4v) is 1.68. The molecule has 0 spiro atoms. The van der Waals surface area contributed by atoms with Crippen LogP contribution in [0.25, 0.3) is 0 Å². The predicted octanol–water partition coefficient (Wildman–Crippen LogP) is -6.12. The largest absolute Gasteiger partial charge is 0.480 e. The lowest BCUT2D eigenvalue weighted by atomic mass is 10.1. The molecule has 0 radical (unpaired) electrons. The van der Waals surface area contributed by atoms with Gasteiger partial charge in [0.2, 0.25) is 5.91 Å². The first-order valence-corrected chi connectivity index (χ1v) is 12.2. The van der Waals surface area contributed by atoms with Crippen LogP contribution in [0.3, 0.4) is 0 Å². The van der Waals surface area contributed by atoms with E-state index in [1.165, 1.54) is 0 Å². The molecule has 43 heavy (non-hydrogen) atoms. The summed E-state index contributed by atoms with van der Waals surface area (Å²) >= 11 is 0. The summed E-state index contributed by atoms with van der Waals surface area (Å²) in [7, 11) is 0. The van der Waals surface area contributed by atoms with E-state index in [1.54, 1.807) is 0 Å². The van der Waals surface area contributed by atoms with Gasteiger partial charge in [-0.3, -0.25) is 34.2 Å². The number of unbranched alkanes of at least 4 members (excludes halogenated alkanes) is 1. The molecule has 0 heterocycles. The molecule has 4 unspecified atom stereocenters. The molecule has 254 valence electrons. The maximum atomic E-state index is 10.2. The van der Waals surface area contributed by atoms with E-state index in [2.05, 4.69) is 16.8 Å². The second kappa shape index (κ2) is 32.3. The number of carboxylic acids is 5. The molecular formula is C21H48N10O12. The zero-order valence-electron chi connectivity index (χ0n) is 23.6. The maximum absolute atomic E-state index is 10.2. The molecule has 24 N–H and O–H groups in total. The molecule has 0 saturated carbocycles. The monoisotopic (exact) mass is 632 g/mol. The molecule has 0 fully saturated rings. The number of aliphatic hydroxyl groups excluding tert-OH is 1. The SMILES string of the molecule is N=C(N)NCCCC(N)C(=O)O.NC(=O)CC(N)C(=O)O.NC(CO)C(=O)O.NCC(=O)O.NCCCCC(N)C(=O)O. The maximum Gasteiger partial charge on any atom is 0.322 e. The van der Waals surface area contributed by atoms with Gasteiger partial charge in [0, 0.05) is 6.54 Å². The van der Waals surface area contributed by atoms with Gasteiger partial charge >= 0.3 is 29.8 Å². The molecule has 4 atom stereocenters. The Morgan fingerprint density at radius 2 is 1.02 bits per heavy atom. The Morgan fingerprint density at radius 1 is 0.651 bits per heavy atom. The van der Waals surface area contributed by atoms with Crippen LogP contribution in [0.4, 0.5) is 0 Å². The first-order chi connectivity index (χ1) is 19.7. The Hall–Kier alpha value is -4.19. The molecule has 0 aromatic carbocycles. The predicted molar refractivity (Wildman–Crippen MR) is 152 cm³/mol.